The van der Waals surface area contributed by atoms with Crippen LogP contribution < -0.4 is 16.4 Å². The van der Waals surface area contributed by atoms with Gasteiger partial charge in [0.1, 0.15) is 0 Å². The maximum Gasteiger partial charge on any atom is 0.323 e. The van der Waals surface area contributed by atoms with E-state index in [9.17, 15) is 9.59 Å². The van der Waals surface area contributed by atoms with Gasteiger partial charge in [-0.15, -0.1) is 0 Å². The minimum absolute atomic E-state index is 0.219. The number of anilines is 3. The van der Waals surface area contributed by atoms with Crippen LogP contribution in [0.1, 0.15) is 43.2 Å². The molecular weight excluding hydrogens is 376 g/mol. The number of rotatable bonds is 7. The lowest BCUT2D eigenvalue weighted by molar-refractivity contribution is -0.130. The fourth-order valence-corrected chi connectivity index (χ4v) is 3.58. The molecule has 0 saturated carbocycles. The number of allylic oxidation sites excluding steroid dienone is 1. The van der Waals surface area contributed by atoms with E-state index >= 15 is 0 Å². The number of aryl methyl sites for hydroxylation is 1. The minimum atomic E-state index is -0.323. The third-order valence-electron chi connectivity index (χ3n) is 5.33. The predicted octanol–water partition coefficient (Wildman–Crippen LogP) is 5.03. The molecule has 2 aromatic rings. The van der Waals surface area contributed by atoms with E-state index in [2.05, 4.69) is 17.2 Å². The predicted molar refractivity (Wildman–Crippen MR) is 123 cm³/mol. The van der Waals surface area contributed by atoms with Crippen molar-refractivity contribution in [3.63, 3.8) is 0 Å². The molecule has 1 saturated heterocycles. The zero-order valence-electron chi connectivity index (χ0n) is 17.5. The molecule has 2 aromatic carbocycles. The Hall–Kier alpha value is -3.28. The van der Waals surface area contributed by atoms with Gasteiger partial charge in [-0.2, -0.15) is 0 Å². The first-order valence-electron chi connectivity index (χ1n) is 10.4. The van der Waals surface area contributed by atoms with Gasteiger partial charge in [0.2, 0.25) is 5.91 Å². The number of urea groups is 1. The summed E-state index contributed by atoms with van der Waals surface area (Å²) in [5, 5.41) is 5.64. The van der Waals surface area contributed by atoms with Crippen LogP contribution in [0.2, 0.25) is 0 Å². The molecule has 0 spiro atoms. The SMILES string of the molecule is C=C(CCCC(=O)N1CCCC1)c1cc(NC(=O)Nc2ccc(C)cc2)ccc1N. The summed E-state index contributed by atoms with van der Waals surface area (Å²) in [7, 11) is 0. The van der Waals surface area contributed by atoms with Crippen LogP contribution in [0.15, 0.2) is 49.0 Å². The average molecular weight is 407 g/mol. The lowest BCUT2D eigenvalue weighted by Gasteiger charge is -2.16. The van der Waals surface area contributed by atoms with Crippen molar-refractivity contribution in [1.82, 2.24) is 4.90 Å². The van der Waals surface area contributed by atoms with Crippen LogP contribution in [-0.2, 0) is 4.79 Å². The molecule has 1 fully saturated rings. The lowest BCUT2D eigenvalue weighted by Crippen LogP contribution is -2.27. The molecule has 4 N–H and O–H groups in total. The molecule has 3 amide bonds. The average Bonchev–Trinajstić information content (AvgIpc) is 3.26. The van der Waals surface area contributed by atoms with E-state index in [1.54, 1.807) is 12.1 Å². The quantitative estimate of drug-likeness (QED) is 0.564. The van der Waals surface area contributed by atoms with Crippen molar-refractivity contribution in [2.45, 2.75) is 39.0 Å². The Kier molecular flexibility index (Phi) is 7.12. The monoisotopic (exact) mass is 406 g/mol. The summed E-state index contributed by atoms with van der Waals surface area (Å²) in [6.45, 7) is 7.90. The summed E-state index contributed by atoms with van der Waals surface area (Å²) in [6.07, 6.45) is 4.15. The maximum absolute atomic E-state index is 12.3. The summed E-state index contributed by atoms with van der Waals surface area (Å²) in [4.78, 5) is 26.4. The summed E-state index contributed by atoms with van der Waals surface area (Å²) in [5.41, 5.74) is 10.9. The molecule has 1 aliphatic rings. The molecule has 1 aliphatic heterocycles. The van der Waals surface area contributed by atoms with Gasteiger partial charge in [-0.05, 0) is 68.5 Å². The summed E-state index contributed by atoms with van der Waals surface area (Å²) in [5.74, 6) is 0.219. The number of nitrogens with zero attached hydrogens (tertiary/aromatic N) is 1. The summed E-state index contributed by atoms with van der Waals surface area (Å²) < 4.78 is 0. The van der Waals surface area contributed by atoms with Gasteiger partial charge in [0.05, 0.1) is 0 Å². The highest BCUT2D eigenvalue weighted by molar-refractivity contribution is 6.00. The maximum atomic E-state index is 12.3. The molecule has 3 rings (SSSR count). The van der Waals surface area contributed by atoms with Crippen molar-refractivity contribution in [3.8, 4) is 0 Å². The fraction of sp³-hybridized carbons (Fsp3) is 0.333. The Labute approximate surface area is 178 Å². The van der Waals surface area contributed by atoms with E-state index in [1.165, 1.54) is 0 Å². The van der Waals surface area contributed by atoms with Crippen LogP contribution in [0.4, 0.5) is 21.9 Å². The molecule has 6 nitrogen and oxygen atoms in total. The van der Waals surface area contributed by atoms with Crippen molar-refractivity contribution in [2.24, 2.45) is 0 Å². The summed E-state index contributed by atoms with van der Waals surface area (Å²) in [6, 6.07) is 12.6. The Morgan fingerprint density at radius 1 is 1.00 bits per heavy atom. The number of benzene rings is 2. The highest BCUT2D eigenvalue weighted by Crippen LogP contribution is 2.28. The second-order valence-electron chi connectivity index (χ2n) is 7.79. The number of nitrogen functional groups attached to an aromatic ring is 1. The van der Waals surface area contributed by atoms with Gasteiger partial charge in [0.25, 0.3) is 0 Å². The third kappa shape index (κ3) is 5.86. The van der Waals surface area contributed by atoms with Crippen molar-refractivity contribution in [2.75, 3.05) is 29.5 Å². The molecule has 0 aliphatic carbocycles. The standard InChI is InChI=1S/C24H30N4O2/c1-17-8-10-19(11-9-17)26-24(30)27-20-12-13-22(25)21(16-20)18(2)6-5-7-23(29)28-14-3-4-15-28/h8-13,16H,2-7,14-15,25H2,1H3,(H2,26,27,30). The second kappa shape index (κ2) is 9.96. The van der Waals surface area contributed by atoms with Crippen LogP contribution in [0.25, 0.3) is 5.57 Å². The third-order valence-corrected chi connectivity index (χ3v) is 5.33. The largest absolute Gasteiger partial charge is 0.398 e. The van der Waals surface area contributed by atoms with Crippen LogP contribution in [0, 0.1) is 6.92 Å². The van der Waals surface area contributed by atoms with Crippen molar-refractivity contribution >= 4 is 34.6 Å². The zero-order valence-corrected chi connectivity index (χ0v) is 17.5. The Morgan fingerprint density at radius 3 is 2.33 bits per heavy atom. The molecular formula is C24H30N4O2. The van der Waals surface area contributed by atoms with E-state index < -0.39 is 0 Å². The minimum Gasteiger partial charge on any atom is -0.398 e. The number of hydrogen-bond donors (Lipinski definition) is 3. The van der Waals surface area contributed by atoms with Gasteiger partial charge >= 0.3 is 6.03 Å². The normalized spacial score (nSPS) is 13.2. The smallest absolute Gasteiger partial charge is 0.323 e. The van der Waals surface area contributed by atoms with Gasteiger partial charge in [-0.3, -0.25) is 4.79 Å². The van der Waals surface area contributed by atoms with E-state index in [0.29, 0.717) is 24.2 Å². The van der Waals surface area contributed by atoms with E-state index in [4.69, 9.17) is 5.73 Å². The van der Waals surface area contributed by atoms with Gasteiger partial charge in [-0.1, -0.05) is 24.3 Å². The first-order chi connectivity index (χ1) is 14.4. The highest BCUT2D eigenvalue weighted by Gasteiger charge is 2.17. The number of hydrogen-bond acceptors (Lipinski definition) is 3. The van der Waals surface area contributed by atoms with Crippen LogP contribution >= 0.6 is 0 Å². The number of nitrogens with two attached hydrogens (primary N) is 1. The number of nitrogens with one attached hydrogen (secondary N) is 2. The lowest BCUT2D eigenvalue weighted by atomic mass is 9.99. The van der Waals surface area contributed by atoms with Crippen LogP contribution in [0.3, 0.4) is 0 Å². The molecule has 30 heavy (non-hydrogen) atoms. The summed E-state index contributed by atoms with van der Waals surface area (Å²) >= 11 is 0. The molecule has 158 valence electrons. The van der Waals surface area contributed by atoms with Gasteiger partial charge in [0.15, 0.2) is 0 Å². The number of likely N-dealkylation sites (tertiary alicyclic amines) is 1. The Bertz CT molecular complexity index is 915. The molecule has 1 heterocycles. The van der Waals surface area contributed by atoms with Crippen LogP contribution in [0.5, 0.6) is 0 Å². The number of carbonyl (C=O) groups is 2. The zero-order chi connectivity index (χ0) is 21.5. The Balaban J connectivity index is 1.54. The van der Waals surface area contributed by atoms with Crippen molar-refractivity contribution in [1.29, 1.82) is 0 Å². The highest BCUT2D eigenvalue weighted by atomic mass is 16.2. The van der Waals surface area contributed by atoms with Gasteiger partial charge in [0, 0.05) is 42.1 Å². The molecule has 0 unspecified atom stereocenters. The topological polar surface area (TPSA) is 87.5 Å². The van der Waals surface area contributed by atoms with E-state index in [1.807, 2.05) is 42.2 Å². The number of carbonyl (C=O) groups excluding carboxylic acids is 2. The molecule has 0 aromatic heterocycles. The molecule has 0 radical (unpaired) electrons. The Morgan fingerprint density at radius 2 is 1.63 bits per heavy atom. The molecule has 6 heteroatoms. The van der Waals surface area contributed by atoms with E-state index in [0.717, 1.165) is 54.7 Å². The second-order valence-corrected chi connectivity index (χ2v) is 7.79. The first kappa shape index (κ1) is 21.4. The van der Waals surface area contributed by atoms with Crippen molar-refractivity contribution < 1.29 is 9.59 Å². The fourth-order valence-electron chi connectivity index (χ4n) is 3.58. The van der Waals surface area contributed by atoms with Gasteiger partial charge in [-0.25, -0.2) is 4.79 Å². The van der Waals surface area contributed by atoms with Crippen LogP contribution in [-0.4, -0.2) is 29.9 Å². The first-order valence-corrected chi connectivity index (χ1v) is 10.4. The van der Waals surface area contributed by atoms with Crippen molar-refractivity contribution in [3.05, 3.63) is 60.2 Å². The van der Waals surface area contributed by atoms with Gasteiger partial charge < -0.3 is 21.3 Å². The molecule has 0 bridgehead atoms. The van der Waals surface area contributed by atoms with E-state index in [-0.39, 0.29) is 11.9 Å². The molecule has 0 atom stereocenters. The number of amides is 3.